The van der Waals surface area contributed by atoms with Crippen molar-refractivity contribution in [2.45, 2.75) is 20.8 Å². The third kappa shape index (κ3) is 5.66. The van der Waals surface area contributed by atoms with E-state index in [4.69, 9.17) is 32.9 Å². The Morgan fingerprint density at radius 3 is 2.76 bits per heavy atom. The Morgan fingerprint density at radius 1 is 1.38 bits per heavy atom. The van der Waals surface area contributed by atoms with E-state index in [-0.39, 0.29) is 25.0 Å². The first kappa shape index (κ1) is 25.5. The summed E-state index contributed by atoms with van der Waals surface area (Å²) in [5.74, 6) is 0.361. The van der Waals surface area contributed by atoms with Crippen LogP contribution < -0.4 is 10.1 Å². The Hall–Kier alpha value is -3.16. The molecular weight excluding hydrogens is 473 g/mol. The van der Waals surface area contributed by atoms with Crippen LogP contribution >= 0.6 is 23.2 Å². The van der Waals surface area contributed by atoms with Crippen LogP contribution in [-0.4, -0.2) is 47.0 Å². The van der Waals surface area contributed by atoms with Crippen LogP contribution in [0.2, 0.25) is 5.02 Å². The molecule has 0 saturated carbocycles. The standard InChI is InChI=1S/C25H27Cl2N5O2/c1-6-19(26)18(21(28-5)12-29-25(33)14(2)3)13-34-22-9-7-8-16-17(10-15(4)31-24(16)22)23-20(27)11-30-32-23/h6-11,14H,1,12-13H2,2-5H3,(H,29,33)(H,30,32)/b19-18+,28-21?. The van der Waals surface area contributed by atoms with Crippen LogP contribution in [0.25, 0.3) is 22.2 Å². The molecule has 0 aliphatic heterocycles. The molecule has 0 aliphatic rings. The highest BCUT2D eigenvalue weighted by Gasteiger charge is 2.17. The Balaban J connectivity index is 1.95. The van der Waals surface area contributed by atoms with E-state index >= 15 is 0 Å². The van der Waals surface area contributed by atoms with Gasteiger partial charge in [0.2, 0.25) is 5.91 Å². The molecule has 1 amide bonds. The van der Waals surface area contributed by atoms with E-state index in [1.54, 1.807) is 13.2 Å². The summed E-state index contributed by atoms with van der Waals surface area (Å²) in [6.45, 7) is 9.67. The number of pyridine rings is 1. The summed E-state index contributed by atoms with van der Waals surface area (Å²) in [6.07, 6.45) is 3.09. The molecule has 2 aromatic heterocycles. The molecule has 0 bridgehead atoms. The van der Waals surface area contributed by atoms with E-state index in [0.717, 1.165) is 16.6 Å². The summed E-state index contributed by atoms with van der Waals surface area (Å²) < 4.78 is 6.19. The largest absolute Gasteiger partial charge is 0.486 e. The molecule has 7 nitrogen and oxygen atoms in total. The molecule has 3 rings (SSSR count). The molecule has 34 heavy (non-hydrogen) atoms. The molecule has 0 saturated heterocycles. The summed E-state index contributed by atoms with van der Waals surface area (Å²) in [7, 11) is 1.65. The number of H-pyrrole nitrogens is 1. The highest BCUT2D eigenvalue weighted by atomic mass is 35.5. The maximum absolute atomic E-state index is 12.0. The Labute approximate surface area is 208 Å². The minimum Gasteiger partial charge on any atom is -0.486 e. The van der Waals surface area contributed by atoms with Crippen LogP contribution in [0.3, 0.4) is 0 Å². The number of hydrogen-bond acceptors (Lipinski definition) is 5. The van der Waals surface area contributed by atoms with Gasteiger partial charge in [-0.3, -0.25) is 14.9 Å². The zero-order valence-corrected chi connectivity index (χ0v) is 21.1. The number of ether oxygens (including phenoxy) is 1. The summed E-state index contributed by atoms with van der Waals surface area (Å²) in [5, 5.41) is 11.6. The molecule has 2 heterocycles. The third-order valence-electron chi connectivity index (χ3n) is 5.21. The fraction of sp³-hybridized carbons (Fsp3) is 0.280. The van der Waals surface area contributed by atoms with Crippen molar-refractivity contribution in [2.75, 3.05) is 20.2 Å². The fourth-order valence-corrected chi connectivity index (χ4v) is 3.75. The number of aromatic amines is 1. The second kappa shape index (κ2) is 11.3. The lowest BCUT2D eigenvalue weighted by atomic mass is 10.0. The highest BCUT2D eigenvalue weighted by Crippen LogP contribution is 2.35. The van der Waals surface area contributed by atoms with Crippen molar-refractivity contribution in [1.82, 2.24) is 20.5 Å². The van der Waals surface area contributed by atoms with Crippen molar-refractivity contribution in [3.05, 3.63) is 64.4 Å². The maximum Gasteiger partial charge on any atom is 0.222 e. The summed E-state index contributed by atoms with van der Waals surface area (Å²) in [5.41, 5.74) is 4.31. The molecule has 0 unspecified atom stereocenters. The predicted molar refractivity (Wildman–Crippen MR) is 139 cm³/mol. The van der Waals surface area contributed by atoms with Gasteiger partial charge in [0.25, 0.3) is 0 Å². The number of allylic oxidation sites excluding steroid dienone is 2. The van der Waals surface area contributed by atoms with Gasteiger partial charge in [0.15, 0.2) is 0 Å². The molecule has 1 aromatic carbocycles. The number of carbonyl (C=O) groups is 1. The fourth-order valence-electron chi connectivity index (χ4n) is 3.39. The van der Waals surface area contributed by atoms with Gasteiger partial charge in [-0.15, -0.1) is 0 Å². The van der Waals surface area contributed by atoms with Gasteiger partial charge in [-0.1, -0.05) is 61.8 Å². The third-order valence-corrected chi connectivity index (χ3v) is 5.87. The normalized spacial score (nSPS) is 12.6. The zero-order chi connectivity index (χ0) is 24.8. The Morgan fingerprint density at radius 2 is 2.15 bits per heavy atom. The van der Waals surface area contributed by atoms with Crippen LogP contribution in [-0.2, 0) is 4.79 Å². The van der Waals surface area contributed by atoms with Gasteiger partial charge >= 0.3 is 0 Å². The minimum atomic E-state index is -0.140. The van der Waals surface area contributed by atoms with Gasteiger partial charge in [0.05, 0.1) is 29.2 Å². The van der Waals surface area contributed by atoms with Gasteiger partial charge in [-0.2, -0.15) is 5.10 Å². The molecule has 2 N–H and O–H groups in total. The van der Waals surface area contributed by atoms with Gasteiger partial charge in [0, 0.05) is 40.2 Å². The van der Waals surface area contributed by atoms with E-state index < -0.39 is 0 Å². The van der Waals surface area contributed by atoms with Crippen LogP contribution in [0.5, 0.6) is 5.75 Å². The van der Waals surface area contributed by atoms with Gasteiger partial charge < -0.3 is 10.1 Å². The minimum absolute atomic E-state index is 0.0742. The number of amides is 1. The van der Waals surface area contributed by atoms with Crippen molar-refractivity contribution < 1.29 is 9.53 Å². The van der Waals surface area contributed by atoms with Gasteiger partial charge in [-0.05, 0) is 19.1 Å². The van der Waals surface area contributed by atoms with Gasteiger partial charge in [-0.25, -0.2) is 4.98 Å². The molecule has 3 aromatic rings. The number of nitrogens with one attached hydrogen (secondary N) is 2. The van der Waals surface area contributed by atoms with Crippen molar-refractivity contribution in [3.63, 3.8) is 0 Å². The van der Waals surface area contributed by atoms with E-state index in [0.29, 0.717) is 38.3 Å². The number of hydrogen-bond donors (Lipinski definition) is 2. The molecule has 0 fully saturated rings. The molecule has 0 spiro atoms. The molecular formula is C25H27Cl2N5O2. The average molecular weight is 500 g/mol. The number of aliphatic imine (C=N–C) groups is 1. The molecule has 0 aliphatic carbocycles. The molecule has 0 atom stereocenters. The number of benzene rings is 1. The highest BCUT2D eigenvalue weighted by molar-refractivity contribution is 6.34. The molecule has 0 radical (unpaired) electrons. The van der Waals surface area contributed by atoms with E-state index in [1.807, 2.05) is 45.0 Å². The molecule has 178 valence electrons. The lowest BCUT2D eigenvalue weighted by Crippen LogP contribution is -2.34. The number of aromatic nitrogens is 3. The summed E-state index contributed by atoms with van der Waals surface area (Å²) in [6, 6.07) is 7.63. The number of para-hydroxylation sites is 1. The Kier molecular flexibility index (Phi) is 8.47. The van der Waals surface area contributed by atoms with E-state index in [9.17, 15) is 4.79 Å². The first-order chi connectivity index (χ1) is 16.3. The lowest BCUT2D eigenvalue weighted by molar-refractivity contribution is -0.123. The Bertz CT molecular complexity index is 1280. The number of halogens is 2. The van der Waals surface area contributed by atoms with Crippen LogP contribution in [0.4, 0.5) is 0 Å². The van der Waals surface area contributed by atoms with Crippen molar-refractivity contribution >= 4 is 45.7 Å². The number of aryl methyl sites for hydroxylation is 1. The maximum atomic E-state index is 12.0. The monoisotopic (exact) mass is 499 g/mol. The summed E-state index contributed by atoms with van der Waals surface area (Å²) >= 11 is 12.8. The predicted octanol–water partition coefficient (Wildman–Crippen LogP) is 5.49. The van der Waals surface area contributed by atoms with E-state index in [2.05, 4.69) is 27.1 Å². The van der Waals surface area contributed by atoms with Crippen LogP contribution in [0.15, 0.2) is 58.7 Å². The van der Waals surface area contributed by atoms with E-state index in [1.165, 1.54) is 6.08 Å². The van der Waals surface area contributed by atoms with Crippen LogP contribution in [0, 0.1) is 12.8 Å². The topological polar surface area (TPSA) is 92.3 Å². The van der Waals surface area contributed by atoms with Crippen molar-refractivity contribution in [2.24, 2.45) is 10.9 Å². The first-order valence-corrected chi connectivity index (χ1v) is 11.5. The first-order valence-electron chi connectivity index (χ1n) is 10.7. The number of carbonyl (C=O) groups excluding carboxylic acids is 1. The number of fused-ring (bicyclic) bond motifs is 1. The number of nitrogens with zero attached hydrogens (tertiary/aromatic N) is 3. The van der Waals surface area contributed by atoms with Crippen molar-refractivity contribution in [1.29, 1.82) is 0 Å². The van der Waals surface area contributed by atoms with Crippen molar-refractivity contribution in [3.8, 4) is 17.0 Å². The number of rotatable bonds is 9. The smallest absolute Gasteiger partial charge is 0.222 e. The molecule has 9 heteroatoms. The summed E-state index contributed by atoms with van der Waals surface area (Å²) in [4.78, 5) is 21.1. The SMILES string of the molecule is C=C/C(Cl)=C(/COc1cccc2c(-c3[nH]ncc3Cl)cc(C)nc12)C(CNC(=O)C(C)C)=NC. The zero-order valence-electron chi connectivity index (χ0n) is 19.6. The second-order valence-corrected chi connectivity index (χ2v) is 8.73. The van der Waals surface area contributed by atoms with Crippen LogP contribution in [0.1, 0.15) is 19.5 Å². The quantitative estimate of drug-likeness (QED) is 0.300. The lowest BCUT2D eigenvalue weighted by Gasteiger charge is -2.16. The second-order valence-electron chi connectivity index (χ2n) is 7.92. The average Bonchev–Trinajstić information content (AvgIpc) is 3.25. The van der Waals surface area contributed by atoms with Gasteiger partial charge in [0.1, 0.15) is 17.9 Å².